The third kappa shape index (κ3) is 4.81. The number of nitrogens with zero attached hydrogens (tertiary/aromatic N) is 3. The van der Waals surface area contributed by atoms with Crippen LogP contribution in [-0.4, -0.2) is 27.1 Å². The Balaban J connectivity index is 1.75. The number of non-ortho nitro benzene ring substituents is 2. The van der Waals surface area contributed by atoms with Crippen molar-refractivity contribution in [2.45, 2.75) is 0 Å². The van der Waals surface area contributed by atoms with Gasteiger partial charge >= 0.3 is 5.97 Å². The Morgan fingerprint density at radius 1 is 0.933 bits per heavy atom. The van der Waals surface area contributed by atoms with E-state index in [2.05, 4.69) is 4.99 Å². The number of rotatable bonds is 6. The minimum atomic E-state index is -0.975. The lowest BCUT2D eigenvalue weighted by molar-refractivity contribution is -0.394. The van der Waals surface area contributed by atoms with E-state index in [4.69, 9.17) is 4.74 Å². The molecule has 0 bridgehead atoms. The van der Waals surface area contributed by atoms with Gasteiger partial charge in [0.25, 0.3) is 11.4 Å². The van der Waals surface area contributed by atoms with Gasteiger partial charge in [0.1, 0.15) is 17.2 Å². The van der Waals surface area contributed by atoms with Crippen molar-refractivity contribution < 1.29 is 24.5 Å². The fourth-order valence-electron chi connectivity index (χ4n) is 2.43. The maximum Gasteiger partial charge on any atom is 0.344 e. The van der Waals surface area contributed by atoms with Crippen LogP contribution in [0.1, 0.15) is 15.9 Å². The molecule has 0 saturated heterocycles. The molecule has 0 aliphatic rings. The smallest absolute Gasteiger partial charge is 0.344 e. The summed E-state index contributed by atoms with van der Waals surface area (Å²) >= 11 is 0. The Bertz CT molecular complexity index is 1130. The molecule has 0 amide bonds. The summed E-state index contributed by atoms with van der Waals surface area (Å²) in [5.41, 5.74) is -0.454. The van der Waals surface area contributed by atoms with Gasteiger partial charge in [0, 0.05) is 18.3 Å². The van der Waals surface area contributed by atoms with E-state index >= 15 is 0 Å². The average Bonchev–Trinajstić information content (AvgIpc) is 2.73. The molecule has 10 heteroatoms. The van der Waals surface area contributed by atoms with Crippen LogP contribution in [0, 0.1) is 20.2 Å². The van der Waals surface area contributed by atoms with E-state index in [9.17, 15) is 30.1 Å². The predicted molar refractivity (Wildman–Crippen MR) is 107 cm³/mol. The third-order valence-electron chi connectivity index (χ3n) is 3.88. The summed E-state index contributed by atoms with van der Waals surface area (Å²) < 4.78 is 5.14. The number of carbonyl (C=O) groups is 1. The fourth-order valence-corrected chi connectivity index (χ4v) is 2.43. The number of phenols is 1. The van der Waals surface area contributed by atoms with Crippen LogP contribution in [0.2, 0.25) is 0 Å². The van der Waals surface area contributed by atoms with Crippen LogP contribution in [0.5, 0.6) is 11.5 Å². The molecule has 0 atom stereocenters. The first-order valence-corrected chi connectivity index (χ1v) is 8.41. The number of phenolic OH excluding ortho intramolecular Hbond substituents is 1. The summed E-state index contributed by atoms with van der Waals surface area (Å²) in [7, 11) is 0. The number of carbonyl (C=O) groups excluding carboxylic acids is 1. The second kappa shape index (κ2) is 8.61. The van der Waals surface area contributed by atoms with Crippen molar-refractivity contribution in [3.05, 3.63) is 98.1 Å². The molecule has 0 heterocycles. The molecular weight excluding hydrogens is 394 g/mol. The number of ether oxygens (including phenoxy) is 1. The second-order valence-electron chi connectivity index (χ2n) is 5.96. The summed E-state index contributed by atoms with van der Waals surface area (Å²) in [6.07, 6.45) is 1.50. The summed E-state index contributed by atoms with van der Waals surface area (Å²) in [5, 5.41) is 31.6. The van der Waals surface area contributed by atoms with Crippen LogP contribution in [0.4, 0.5) is 17.1 Å². The molecule has 0 fully saturated rings. The highest BCUT2D eigenvalue weighted by atomic mass is 16.6. The number of aliphatic imine (C=N–C) groups is 1. The molecule has 0 aromatic heterocycles. The van der Waals surface area contributed by atoms with Gasteiger partial charge in [-0.05, 0) is 42.0 Å². The maximum atomic E-state index is 12.3. The van der Waals surface area contributed by atoms with E-state index in [1.807, 2.05) is 0 Å². The zero-order chi connectivity index (χ0) is 21.7. The van der Waals surface area contributed by atoms with E-state index in [-0.39, 0.29) is 17.1 Å². The normalized spacial score (nSPS) is 10.7. The molecule has 0 unspecified atom stereocenters. The molecule has 3 aromatic carbocycles. The highest BCUT2D eigenvalue weighted by Gasteiger charge is 2.21. The number of hydrogen-bond acceptors (Lipinski definition) is 8. The van der Waals surface area contributed by atoms with E-state index in [1.54, 1.807) is 30.3 Å². The standard InChI is InChI=1S/C20H13N3O7/c24-19-4-2-1-3-18(19)21-12-13-5-7-17(8-6-13)30-20(25)14-9-15(22(26)27)11-16(10-14)23(28)29/h1-12,24H. The molecule has 0 aliphatic carbocycles. The lowest BCUT2D eigenvalue weighted by Crippen LogP contribution is -2.09. The van der Waals surface area contributed by atoms with Crippen molar-refractivity contribution in [1.82, 2.24) is 0 Å². The van der Waals surface area contributed by atoms with Crippen LogP contribution >= 0.6 is 0 Å². The van der Waals surface area contributed by atoms with Gasteiger partial charge in [0.15, 0.2) is 0 Å². The Morgan fingerprint density at radius 3 is 2.10 bits per heavy atom. The van der Waals surface area contributed by atoms with Gasteiger partial charge in [-0.2, -0.15) is 0 Å². The van der Waals surface area contributed by atoms with Gasteiger partial charge in [-0.15, -0.1) is 0 Å². The van der Waals surface area contributed by atoms with Crippen molar-refractivity contribution in [2.24, 2.45) is 4.99 Å². The van der Waals surface area contributed by atoms with Crippen molar-refractivity contribution in [3.8, 4) is 11.5 Å². The molecule has 0 saturated carbocycles. The van der Waals surface area contributed by atoms with Gasteiger partial charge in [-0.3, -0.25) is 25.2 Å². The highest BCUT2D eigenvalue weighted by molar-refractivity contribution is 5.92. The van der Waals surface area contributed by atoms with Crippen LogP contribution in [0.3, 0.4) is 0 Å². The molecule has 1 N–H and O–H groups in total. The first-order valence-electron chi connectivity index (χ1n) is 8.41. The van der Waals surface area contributed by atoms with Crippen molar-refractivity contribution in [2.75, 3.05) is 0 Å². The van der Waals surface area contributed by atoms with Crippen molar-refractivity contribution >= 4 is 29.2 Å². The topological polar surface area (TPSA) is 145 Å². The second-order valence-corrected chi connectivity index (χ2v) is 5.96. The molecular formula is C20H13N3O7. The number of benzene rings is 3. The van der Waals surface area contributed by atoms with E-state index < -0.39 is 27.2 Å². The van der Waals surface area contributed by atoms with Gasteiger partial charge in [0.2, 0.25) is 0 Å². The number of aromatic hydroxyl groups is 1. The van der Waals surface area contributed by atoms with Crippen LogP contribution in [0.25, 0.3) is 0 Å². The monoisotopic (exact) mass is 407 g/mol. The lowest BCUT2D eigenvalue weighted by atomic mass is 10.1. The van der Waals surface area contributed by atoms with E-state index in [1.165, 1.54) is 24.4 Å². The van der Waals surface area contributed by atoms with Crippen LogP contribution < -0.4 is 4.74 Å². The molecule has 150 valence electrons. The summed E-state index contributed by atoms with van der Waals surface area (Å²) in [4.78, 5) is 36.6. The number of esters is 1. The fraction of sp³-hybridized carbons (Fsp3) is 0. The van der Waals surface area contributed by atoms with Crippen LogP contribution in [-0.2, 0) is 0 Å². The first-order chi connectivity index (χ1) is 14.3. The predicted octanol–water partition coefficient (Wildman–Crippen LogP) is 4.18. The maximum absolute atomic E-state index is 12.3. The van der Waals surface area contributed by atoms with Gasteiger partial charge in [0.05, 0.1) is 21.5 Å². The van der Waals surface area contributed by atoms with E-state index in [0.717, 1.165) is 18.2 Å². The van der Waals surface area contributed by atoms with E-state index in [0.29, 0.717) is 11.3 Å². The minimum Gasteiger partial charge on any atom is -0.506 e. The molecule has 0 spiro atoms. The first kappa shape index (κ1) is 20.1. The molecule has 3 rings (SSSR count). The van der Waals surface area contributed by atoms with Crippen molar-refractivity contribution in [1.29, 1.82) is 0 Å². The zero-order valence-electron chi connectivity index (χ0n) is 15.2. The molecule has 3 aromatic rings. The third-order valence-corrected chi connectivity index (χ3v) is 3.88. The van der Waals surface area contributed by atoms with Crippen LogP contribution in [0.15, 0.2) is 71.7 Å². The Kier molecular flexibility index (Phi) is 5.78. The Labute approximate surface area is 169 Å². The molecule has 0 aliphatic heterocycles. The SMILES string of the molecule is O=C(Oc1ccc(C=Nc2ccccc2O)cc1)c1cc([N+](=O)[O-])cc([N+](=O)[O-])c1. The minimum absolute atomic E-state index is 0.0327. The van der Waals surface area contributed by atoms with Gasteiger partial charge in [-0.1, -0.05) is 12.1 Å². The Morgan fingerprint density at radius 2 is 1.53 bits per heavy atom. The van der Waals surface area contributed by atoms with Crippen molar-refractivity contribution in [3.63, 3.8) is 0 Å². The lowest BCUT2D eigenvalue weighted by Gasteiger charge is -2.05. The number of nitro groups is 2. The Hall–Kier alpha value is -4.60. The largest absolute Gasteiger partial charge is 0.506 e. The molecule has 0 radical (unpaired) electrons. The summed E-state index contributed by atoms with van der Waals surface area (Å²) in [6, 6.07) is 15.3. The highest BCUT2D eigenvalue weighted by Crippen LogP contribution is 2.26. The average molecular weight is 407 g/mol. The molecule has 30 heavy (non-hydrogen) atoms. The number of hydrogen-bond donors (Lipinski definition) is 1. The van der Waals surface area contributed by atoms with Gasteiger partial charge < -0.3 is 9.84 Å². The summed E-state index contributed by atoms with van der Waals surface area (Å²) in [6.45, 7) is 0. The van der Waals surface area contributed by atoms with Gasteiger partial charge in [-0.25, -0.2) is 4.79 Å². The summed E-state index contributed by atoms with van der Waals surface area (Å²) in [5.74, 6) is -0.809. The quantitative estimate of drug-likeness (QED) is 0.212. The number of para-hydroxylation sites is 2. The number of nitro benzene ring substituents is 2. The molecule has 10 nitrogen and oxygen atoms in total. The zero-order valence-corrected chi connectivity index (χ0v) is 15.2.